The van der Waals surface area contributed by atoms with E-state index < -0.39 is 0 Å². The number of benzene rings is 1. The van der Waals surface area contributed by atoms with Gasteiger partial charge in [0.05, 0.1) is 5.25 Å². The highest BCUT2D eigenvalue weighted by Crippen LogP contribution is 2.29. The van der Waals surface area contributed by atoms with Gasteiger partial charge in [0.25, 0.3) is 0 Å². The number of nitrogens with zero attached hydrogens (tertiary/aromatic N) is 2. The summed E-state index contributed by atoms with van der Waals surface area (Å²) in [6, 6.07) is 7.48. The van der Waals surface area contributed by atoms with E-state index in [9.17, 15) is 4.79 Å². The van der Waals surface area contributed by atoms with Gasteiger partial charge in [0.15, 0.2) is 4.34 Å². The molecule has 1 amide bonds. The second-order valence-electron chi connectivity index (χ2n) is 4.87. The fourth-order valence-corrected chi connectivity index (χ4v) is 3.88. The Morgan fingerprint density at radius 1 is 1.39 bits per heavy atom. The van der Waals surface area contributed by atoms with Crippen LogP contribution in [0.15, 0.2) is 28.6 Å². The average Bonchev–Trinajstić information content (AvgIpc) is 2.99. The number of aromatic nitrogens is 2. The Labute approximate surface area is 149 Å². The van der Waals surface area contributed by atoms with Gasteiger partial charge in [-0.3, -0.25) is 4.79 Å². The Hall–Kier alpha value is -1.31. The topological polar surface area (TPSA) is 66.9 Å². The Bertz CT molecular complexity index is 650. The number of carbonyl (C=O) groups excluding carboxylic acids is 1. The zero-order valence-corrected chi connectivity index (χ0v) is 15.4. The van der Waals surface area contributed by atoms with Crippen LogP contribution >= 0.6 is 34.7 Å². The molecule has 0 saturated heterocycles. The molecular formula is C15H19ClN4OS2. The van der Waals surface area contributed by atoms with Gasteiger partial charge in [0, 0.05) is 18.1 Å². The molecule has 2 rings (SSSR count). The van der Waals surface area contributed by atoms with Crippen molar-refractivity contribution < 1.29 is 4.79 Å². The highest BCUT2D eigenvalue weighted by Gasteiger charge is 2.17. The van der Waals surface area contributed by atoms with E-state index in [1.54, 1.807) is 0 Å². The molecular weight excluding hydrogens is 352 g/mol. The van der Waals surface area contributed by atoms with Gasteiger partial charge in [-0.2, -0.15) is 0 Å². The van der Waals surface area contributed by atoms with Gasteiger partial charge in [-0.15, -0.1) is 10.2 Å². The third kappa shape index (κ3) is 5.67. The second-order valence-corrected chi connectivity index (χ2v) is 7.84. The first-order chi connectivity index (χ1) is 11.1. The molecule has 0 aliphatic heterocycles. The smallest absolute Gasteiger partial charge is 0.233 e. The molecule has 0 spiro atoms. The molecule has 2 N–H and O–H groups in total. The molecule has 0 radical (unpaired) electrons. The van der Waals surface area contributed by atoms with Crippen molar-refractivity contribution in [2.24, 2.45) is 0 Å². The summed E-state index contributed by atoms with van der Waals surface area (Å²) < 4.78 is 0.781. The van der Waals surface area contributed by atoms with Crippen molar-refractivity contribution in [3.63, 3.8) is 0 Å². The monoisotopic (exact) mass is 370 g/mol. The molecule has 1 atom stereocenters. The van der Waals surface area contributed by atoms with E-state index in [1.807, 2.05) is 31.2 Å². The molecule has 0 aliphatic rings. The lowest BCUT2D eigenvalue weighted by atomic mass is 10.2. The van der Waals surface area contributed by atoms with Crippen LogP contribution in [0.2, 0.25) is 5.02 Å². The predicted molar refractivity (Wildman–Crippen MR) is 97.3 cm³/mol. The molecule has 0 aliphatic carbocycles. The van der Waals surface area contributed by atoms with Crippen molar-refractivity contribution in [1.82, 2.24) is 15.5 Å². The summed E-state index contributed by atoms with van der Waals surface area (Å²) in [6.07, 6.45) is 1.03. The molecule has 8 heteroatoms. The van der Waals surface area contributed by atoms with Crippen LogP contribution in [0.25, 0.3) is 0 Å². The molecule has 0 unspecified atom stereocenters. The number of anilines is 1. The fraction of sp³-hybridized carbons (Fsp3) is 0.400. The number of hydrogen-bond donors (Lipinski definition) is 2. The van der Waals surface area contributed by atoms with E-state index in [2.05, 4.69) is 27.8 Å². The normalized spacial score (nSPS) is 12.0. The second kappa shape index (κ2) is 9.10. The molecule has 23 heavy (non-hydrogen) atoms. The van der Waals surface area contributed by atoms with Crippen LogP contribution in [0.5, 0.6) is 0 Å². The first kappa shape index (κ1) is 18.0. The van der Waals surface area contributed by atoms with E-state index in [0.717, 1.165) is 28.0 Å². The van der Waals surface area contributed by atoms with Gasteiger partial charge in [-0.1, -0.05) is 59.8 Å². The number of rotatable bonds is 8. The Kier molecular flexibility index (Phi) is 7.14. The van der Waals surface area contributed by atoms with Crippen LogP contribution in [-0.2, 0) is 11.3 Å². The van der Waals surface area contributed by atoms with Gasteiger partial charge < -0.3 is 10.6 Å². The maximum Gasteiger partial charge on any atom is 0.233 e. The zero-order valence-electron chi connectivity index (χ0n) is 13.0. The van der Waals surface area contributed by atoms with Crippen molar-refractivity contribution in [1.29, 1.82) is 0 Å². The minimum atomic E-state index is -0.246. The van der Waals surface area contributed by atoms with Crippen molar-refractivity contribution >= 4 is 45.7 Å². The maximum absolute atomic E-state index is 12.2. The summed E-state index contributed by atoms with van der Waals surface area (Å²) >= 11 is 8.95. The molecule has 124 valence electrons. The largest absolute Gasteiger partial charge is 0.360 e. The third-order valence-corrected chi connectivity index (χ3v) is 5.42. The van der Waals surface area contributed by atoms with Crippen molar-refractivity contribution in [2.75, 3.05) is 11.9 Å². The zero-order chi connectivity index (χ0) is 16.7. The molecule has 0 fully saturated rings. The van der Waals surface area contributed by atoms with Crippen LogP contribution in [0, 0.1) is 0 Å². The number of carbonyl (C=O) groups is 1. The van der Waals surface area contributed by atoms with Gasteiger partial charge in [-0.25, -0.2) is 0 Å². The standard InChI is InChI=1S/C15H19ClN4OS2/c1-3-8-17-14-19-20-15(23-14)22-10(2)13(21)18-9-11-6-4-5-7-12(11)16/h4-7,10H,3,8-9H2,1-2H3,(H,17,19)(H,18,21)/t10-/m1/s1. The number of nitrogens with one attached hydrogen (secondary N) is 2. The van der Waals surface area contributed by atoms with Gasteiger partial charge in [0.1, 0.15) is 0 Å². The third-order valence-electron chi connectivity index (χ3n) is 2.99. The quantitative estimate of drug-likeness (QED) is 0.691. The van der Waals surface area contributed by atoms with Crippen molar-refractivity contribution in [3.8, 4) is 0 Å². The lowest BCUT2D eigenvalue weighted by Gasteiger charge is -2.11. The summed E-state index contributed by atoms with van der Waals surface area (Å²) in [5.41, 5.74) is 0.904. The summed E-state index contributed by atoms with van der Waals surface area (Å²) in [5.74, 6) is -0.0480. The van der Waals surface area contributed by atoms with Crippen LogP contribution in [0.1, 0.15) is 25.8 Å². The number of thioether (sulfide) groups is 1. The number of hydrogen-bond acceptors (Lipinski definition) is 6. The average molecular weight is 371 g/mol. The maximum atomic E-state index is 12.2. The Balaban J connectivity index is 1.83. The van der Waals surface area contributed by atoms with E-state index >= 15 is 0 Å². The lowest BCUT2D eigenvalue weighted by molar-refractivity contribution is -0.120. The Morgan fingerprint density at radius 3 is 2.91 bits per heavy atom. The number of amides is 1. The summed E-state index contributed by atoms with van der Waals surface area (Å²) in [7, 11) is 0. The fourth-order valence-electron chi connectivity index (χ4n) is 1.73. The molecule has 2 aromatic rings. The lowest BCUT2D eigenvalue weighted by Crippen LogP contribution is -2.30. The summed E-state index contributed by atoms with van der Waals surface area (Å²) in [4.78, 5) is 12.2. The Morgan fingerprint density at radius 2 is 2.17 bits per heavy atom. The van der Waals surface area contributed by atoms with E-state index in [0.29, 0.717) is 11.6 Å². The minimum absolute atomic E-state index is 0.0480. The SMILES string of the molecule is CCCNc1nnc(S[C@H](C)C(=O)NCc2ccccc2Cl)s1. The molecule has 1 aromatic heterocycles. The predicted octanol–water partition coefficient (Wildman–Crippen LogP) is 3.81. The summed E-state index contributed by atoms with van der Waals surface area (Å²) in [6.45, 7) is 5.23. The highest BCUT2D eigenvalue weighted by molar-refractivity contribution is 8.02. The van der Waals surface area contributed by atoms with E-state index in [1.165, 1.54) is 23.1 Å². The minimum Gasteiger partial charge on any atom is -0.360 e. The van der Waals surface area contributed by atoms with Crippen LogP contribution in [0.4, 0.5) is 5.13 Å². The molecule has 0 saturated carbocycles. The summed E-state index contributed by atoms with van der Waals surface area (Å²) in [5, 5.41) is 15.4. The van der Waals surface area contributed by atoms with Crippen molar-refractivity contribution in [3.05, 3.63) is 34.9 Å². The number of halogens is 1. The molecule has 1 heterocycles. The van der Waals surface area contributed by atoms with Gasteiger partial charge in [-0.05, 0) is 25.0 Å². The van der Waals surface area contributed by atoms with E-state index in [-0.39, 0.29) is 11.2 Å². The first-order valence-corrected chi connectivity index (χ1v) is 9.42. The van der Waals surface area contributed by atoms with Crippen molar-refractivity contribution in [2.45, 2.75) is 36.4 Å². The van der Waals surface area contributed by atoms with E-state index in [4.69, 9.17) is 11.6 Å². The molecule has 5 nitrogen and oxygen atoms in total. The first-order valence-electron chi connectivity index (χ1n) is 7.35. The molecule has 1 aromatic carbocycles. The van der Waals surface area contributed by atoms with Crippen LogP contribution in [0.3, 0.4) is 0 Å². The van der Waals surface area contributed by atoms with Crippen LogP contribution in [-0.4, -0.2) is 27.9 Å². The van der Waals surface area contributed by atoms with Crippen LogP contribution < -0.4 is 10.6 Å². The van der Waals surface area contributed by atoms with Gasteiger partial charge >= 0.3 is 0 Å². The highest BCUT2D eigenvalue weighted by atomic mass is 35.5. The van der Waals surface area contributed by atoms with Gasteiger partial charge in [0.2, 0.25) is 11.0 Å². The molecule has 0 bridgehead atoms.